The highest BCUT2D eigenvalue weighted by molar-refractivity contribution is 7.18. The number of hydrogen-bond acceptors (Lipinski definition) is 4. The van der Waals surface area contributed by atoms with Crippen LogP contribution < -0.4 is 5.32 Å². The number of alkyl halides is 1. The summed E-state index contributed by atoms with van der Waals surface area (Å²) in [5, 5.41) is 13.2. The van der Waals surface area contributed by atoms with Crippen LogP contribution in [0.2, 0.25) is 0 Å². The van der Waals surface area contributed by atoms with Crippen molar-refractivity contribution >= 4 is 39.1 Å². The van der Waals surface area contributed by atoms with Gasteiger partial charge in [0.1, 0.15) is 5.75 Å². The maximum atomic E-state index is 11.4. The molecule has 1 amide bonds. The molecule has 0 atom stereocenters. The fourth-order valence-corrected chi connectivity index (χ4v) is 2.83. The number of amides is 1. The van der Waals surface area contributed by atoms with E-state index in [1.54, 1.807) is 18.2 Å². The second kappa shape index (κ2) is 6.73. The van der Waals surface area contributed by atoms with Crippen LogP contribution in [0.3, 0.4) is 0 Å². The number of nitrogens with zero attached hydrogens (tertiary/aromatic N) is 1. The molecule has 19 heavy (non-hydrogen) atoms. The summed E-state index contributed by atoms with van der Waals surface area (Å²) in [5.41, 5.74) is 0.881. The van der Waals surface area contributed by atoms with Gasteiger partial charge >= 0.3 is 0 Å². The van der Waals surface area contributed by atoms with Crippen molar-refractivity contribution in [1.29, 1.82) is 0 Å². The molecule has 0 radical (unpaired) electrons. The Morgan fingerprint density at radius 3 is 3.11 bits per heavy atom. The van der Waals surface area contributed by atoms with Gasteiger partial charge < -0.3 is 10.4 Å². The zero-order chi connectivity index (χ0) is 13.7. The Morgan fingerprint density at radius 1 is 1.47 bits per heavy atom. The summed E-state index contributed by atoms with van der Waals surface area (Å²) in [6.45, 7) is 0.576. The molecule has 2 aromatic rings. The van der Waals surface area contributed by atoms with Crippen molar-refractivity contribution in [2.24, 2.45) is 0 Å². The summed E-state index contributed by atoms with van der Waals surface area (Å²) >= 11 is 7.06. The first-order valence-electron chi connectivity index (χ1n) is 6.10. The maximum Gasteiger partial charge on any atom is 0.220 e. The lowest BCUT2D eigenvalue weighted by Crippen LogP contribution is -2.25. The van der Waals surface area contributed by atoms with Gasteiger partial charge in [-0.25, -0.2) is 4.98 Å². The normalized spacial score (nSPS) is 10.8. The molecule has 1 aromatic heterocycles. The number of aromatic hydroxyl groups is 1. The average molecular weight is 299 g/mol. The van der Waals surface area contributed by atoms with Crippen LogP contribution in [0.15, 0.2) is 18.2 Å². The van der Waals surface area contributed by atoms with Crippen molar-refractivity contribution in [2.45, 2.75) is 19.3 Å². The number of carbonyl (C=O) groups excluding carboxylic acids is 1. The van der Waals surface area contributed by atoms with E-state index in [1.807, 2.05) is 0 Å². The molecule has 102 valence electrons. The molecule has 0 bridgehead atoms. The Morgan fingerprint density at radius 2 is 2.32 bits per heavy atom. The zero-order valence-corrected chi connectivity index (χ0v) is 11.9. The molecule has 6 heteroatoms. The number of aromatic nitrogens is 1. The van der Waals surface area contributed by atoms with E-state index in [0.29, 0.717) is 31.7 Å². The molecule has 1 aromatic carbocycles. The van der Waals surface area contributed by atoms with E-state index < -0.39 is 0 Å². The fraction of sp³-hybridized carbons (Fsp3) is 0.385. The number of halogens is 1. The summed E-state index contributed by atoms with van der Waals surface area (Å²) < 4.78 is 0.962. The highest BCUT2D eigenvalue weighted by Crippen LogP contribution is 2.25. The molecule has 1 heterocycles. The van der Waals surface area contributed by atoms with E-state index in [-0.39, 0.29) is 11.7 Å². The van der Waals surface area contributed by atoms with E-state index in [4.69, 9.17) is 11.6 Å². The van der Waals surface area contributed by atoms with Crippen molar-refractivity contribution in [3.8, 4) is 5.75 Å². The van der Waals surface area contributed by atoms with Crippen LogP contribution in [0, 0.1) is 0 Å². The molecule has 0 saturated heterocycles. The third-order valence-corrected chi connectivity index (χ3v) is 3.96. The molecule has 2 N–H and O–H groups in total. The fourth-order valence-electron chi connectivity index (χ4n) is 1.69. The van der Waals surface area contributed by atoms with Gasteiger partial charge in [0.2, 0.25) is 5.91 Å². The van der Waals surface area contributed by atoms with Gasteiger partial charge in [-0.15, -0.1) is 22.9 Å². The summed E-state index contributed by atoms with van der Waals surface area (Å²) in [7, 11) is 0. The van der Waals surface area contributed by atoms with Gasteiger partial charge in [-0.1, -0.05) is 0 Å². The van der Waals surface area contributed by atoms with Gasteiger partial charge in [-0.2, -0.15) is 0 Å². The van der Waals surface area contributed by atoms with Gasteiger partial charge in [-0.3, -0.25) is 4.79 Å². The van der Waals surface area contributed by atoms with Gasteiger partial charge in [0.25, 0.3) is 0 Å². The molecule has 0 aliphatic heterocycles. The summed E-state index contributed by atoms with van der Waals surface area (Å²) in [4.78, 5) is 15.8. The molecule has 0 fully saturated rings. The Hall–Kier alpha value is -1.33. The highest BCUT2D eigenvalue weighted by Gasteiger charge is 2.05. The molecule has 0 aliphatic rings. The summed E-state index contributed by atoms with van der Waals surface area (Å²) in [6.07, 6.45) is 1.87. The quantitative estimate of drug-likeness (QED) is 0.806. The predicted molar refractivity (Wildman–Crippen MR) is 78.0 cm³/mol. The van der Waals surface area contributed by atoms with E-state index in [0.717, 1.165) is 15.2 Å². The molecular weight excluding hydrogens is 284 g/mol. The lowest BCUT2D eigenvalue weighted by atomic mass is 10.3. The zero-order valence-electron chi connectivity index (χ0n) is 10.4. The van der Waals surface area contributed by atoms with Crippen LogP contribution in [-0.2, 0) is 11.2 Å². The number of nitrogens with one attached hydrogen (secondary N) is 1. The lowest BCUT2D eigenvalue weighted by Gasteiger charge is -2.02. The average Bonchev–Trinajstić information content (AvgIpc) is 2.78. The standard InChI is InChI=1S/C13H15ClN2O2S/c14-6-1-2-12(18)15-7-5-13-16-10-4-3-9(17)8-11(10)19-13/h3-4,8,17H,1-2,5-7H2,(H,15,18). The van der Waals surface area contributed by atoms with Crippen molar-refractivity contribution < 1.29 is 9.90 Å². The Labute approximate surface area is 120 Å². The van der Waals surface area contributed by atoms with Crippen molar-refractivity contribution in [3.63, 3.8) is 0 Å². The largest absolute Gasteiger partial charge is 0.508 e. The summed E-state index contributed by atoms with van der Waals surface area (Å²) in [5.74, 6) is 0.783. The predicted octanol–water partition coefficient (Wildman–Crippen LogP) is 2.68. The molecule has 2 rings (SSSR count). The Bertz CT molecular complexity index is 571. The molecular formula is C13H15ClN2O2S. The number of phenolic OH excluding ortho intramolecular Hbond substituents is 1. The lowest BCUT2D eigenvalue weighted by molar-refractivity contribution is -0.121. The smallest absolute Gasteiger partial charge is 0.220 e. The highest BCUT2D eigenvalue weighted by atomic mass is 35.5. The second-order valence-electron chi connectivity index (χ2n) is 4.15. The van der Waals surface area contributed by atoms with Gasteiger partial charge in [-0.05, 0) is 24.6 Å². The van der Waals surface area contributed by atoms with Gasteiger partial charge in [0, 0.05) is 25.3 Å². The molecule has 0 saturated carbocycles. The molecule has 4 nitrogen and oxygen atoms in total. The van der Waals surface area contributed by atoms with Crippen molar-refractivity contribution in [2.75, 3.05) is 12.4 Å². The first kappa shape index (κ1) is 14.1. The van der Waals surface area contributed by atoms with Crippen LogP contribution >= 0.6 is 22.9 Å². The second-order valence-corrected chi connectivity index (χ2v) is 5.65. The van der Waals surface area contributed by atoms with Crippen LogP contribution in [0.5, 0.6) is 5.75 Å². The van der Waals surface area contributed by atoms with Crippen LogP contribution in [0.25, 0.3) is 10.2 Å². The van der Waals surface area contributed by atoms with Crippen LogP contribution in [0.1, 0.15) is 17.8 Å². The number of thiazole rings is 1. The number of benzene rings is 1. The number of hydrogen-bond donors (Lipinski definition) is 2. The number of rotatable bonds is 6. The van der Waals surface area contributed by atoms with E-state index in [1.165, 1.54) is 11.3 Å². The van der Waals surface area contributed by atoms with Crippen molar-refractivity contribution in [3.05, 3.63) is 23.2 Å². The van der Waals surface area contributed by atoms with E-state index in [9.17, 15) is 9.90 Å². The minimum Gasteiger partial charge on any atom is -0.508 e. The SMILES string of the molecule is O=C(CCCCl)NCCc1nc2ccc(O)cc2s1. The topological polar surface area (TPSA) is 62.2 Å². The van der Waals surface area contributed by atoms with E-state index >= 15 is 0 Å². The molecule has 0 aliphatic carbocycles. The number of fused-ring (bicyclic) bond motifs is 1. The molecule has 0 spiro atoms. The van der Waals surface area contributed by atoms with Crippen LogP contribution in [0.4, 0.5) is 0 Å². The first-order chi connectivity index (χ1) is 9.19. The maximum absolute atomic E-state index is 11.4. The minimum absolute atomic E-state index is 0.0272. The Kier molecular flexibility index (Phi) is 4.99. The first-order valence-corrected chi connectivity index (χ1v) is 7.45. The Balaban J connectivity index is 1.86. The minimum atomic E-state index is 0.0272. The van der Waals surface area contributed by atoms with Gasteiger partial charge in [0.05, 0.1) is 15.2 Å². The molecule has 0 unspecified atom stereocenters. The third-order valence-electron chi connectivity index (χ3n) is 2.61. The van der Waals surface area contributed by atoms with E-state index in [2.05, 4.69) is 10.3 Å². The number of carbonyl (C=O) groups is 1. The van der Waals surface area contributed by atoms with Gasteiger partial charge in [0.15, 0.2) is 0 Å². The van der Waals surface area contributed by atoms with Crippen molar-refractivity contribution in [1.82, 2.24) is 10.3 Å². The third kappa shape index (κ3) is 4.08. The monoisotopic (exact) mass is 298 g/mol. The van der Waals surface area contributed by atoms with Crippen LogP contribution in [-0.4, -0.2) is 28.4 Å². The number of phenols is 1. The summed E-state index contributed by atoms with van der Waals surface area (Å²) in [6, 6.07) is 5.12.